The highest BCUT2D eigenvalue weighted by molar-refractivity contribution is 6.22. The highest BCUT2D eigenvalue weighted by atomic mass is 16.2. The molecular weight excluding hydrogens is 284 g/mol. The van der Waals surface area contributed by atoms with E-state index in [2.05, 4.69) is 4.98 Å². The van der Waals surface area contributed by atoms with E-state index in [1.54, 1.807) is 13.0 Å². The Balaban J connectivity index is 1.97. The van der Waals surface area contributed by atoms with Crippen molar-refractivity contribution in [3.63, 3.8) is 0 Å². The smallest absolute Gasteiger partial charge is 0.280 e. The van der Waals surface area contributed by atoms with Crippen molar-refractivity contribution in [3.8, 4) is 0 Å². The third kappa shape index (κ3) is 2.26. The average Bonchev–Trinajstić information content (AvgIpc) is 2.70. The normalized spacial score (nSPS) is 23.3. The number of rotatable bonds is 1. The lowest BCUT2D eigenvalue weighted by Gasteiger charge is -2.25. The predicted octanol–water partition coefficient (Wildman–Crippen LogP) is 1.23. The van der Waals surface area contributed by atoms with E-state index in [-0.39, 0.29) is 42.1 Å². The van der Waals surface area contributed by atoms with Crippen LogP contribution in [0.25, 0.3) is 0 Å². The molecule has 0 fully saturated rings. The number of nitrogens with zero attached hydrogens (tertiary/aromatic N) is 2. The molecule has 0 N–H and O–H groups in total. The molecule has 0 saturated carbocycles. The van der Waals surface area contributed by atoms with E-state index in [9.17, 15) is 19.2 Å². The summed E-state index contributed by atoms with van der Waals surface area (Å²) in [4.78, 5) is 53.7. The number of amides is 2. The monoisotopic (exact) mass is 298 g/mol. The van der Waals surface area contributed by atoms with E-state index >= 15 is 0 Å². The lowest BCUT2D eigenvalue weighted by atomic mass is 9.97. The molecule has 0 aromatic carbocycles. The number of ketones is 2. The number of hydrogen-bond donors (Lipinski definition) is 0. The van der Waals surface area contributed by atoms with Gasteiger partial charge in [-0.05, 0) is 31.1 Å². The highest BCUT2D eigenvalue weighted by Gasteiger charge is 2.43. The van der Waals surface area contributed by atoms with Gasteiger partial charge in [0.15, 0.2) is 11.6 Å². The summed E-state index contributed by atoms with van der Waals surface area (Å²) in [7, 11) is 0. The van der Waals surface area contributed by atoms with Crippen molar-refractivity contribution in [1.82, 2.24) is 9.88 Å². The minimum absolute atomic E-state index is 0.0380. The maximum atomic E-state index is 12.5. The number of fused-ring (bicyclic) bond motifs is 1. The van der Waals surface area contributed by atoms with Crippen molar-refractivity contribution in [3.05, 3.63) is 41.2 Å². The van der Waals surface area contributed by atoms with Gasteiger partial charge in [-0.3, -0.25) is 24.1 Å². The molecule has 6 nitrogen and oxygen atoms in total. The number of Topliss-reactive ketones (excluding diaryl/α,β-unsaturated/α-hetero) is 1. The Morgan fingerprint density at radius 2 is 1.95 bits per heavy atom. The molecule has 0 bridgehead atoms. The molecular formula is C16H14N2O4. The molecule has 1 aromatic rings. The van der Waals surface area contributed by atoms with Crippen molar-refractivity contribution in [2.45, 2.75) is 32.2 Å². The molecule has 1 atom stereocenters. The largest absolute Gasteiger partial charge is 0.297 e. The zero-order valence-electron chi connectivity index (χ0n) is 12.0. The highest BCUT2D eigenvalue weighted by Crippen LogP contribution is 2.27. The molecule has 0 spiro atoms. The third-order valence-electron chi connectivity index (χ3n) is 3.87. The summed E-state index contributed by atoms with van der Waals surface area (Å²) in [5.74, 6) is -1.42. The fourth-order valence-corrected chi connectivity index (χ4v) is 2.76. The number of hydrogen-bond acceptors (Lipinski definition) is 5. The quantitative estimate of drug-likeness (QED) is 0.728. The first kappa shape index (κ1) is 14.3. The standard InChI is InChI=1S/C16H14N2O4/c1-9-7-11-14(17-8-9)16(22)18(15(11)21)12-6-5-10(19)3-2-4-13(12)20/h2-3,7-8,12H,4-6H2,1H3/b3-2+. The van der Waals surface area contributed by atoms with Gasteiger partial charge in [-0.1, -0.05) is 6.08 Å². The third-order valence-corrected chi connectivity index (χ3v) is 3.87. The molecule has 0 radical (unpaired) electrons. The van der Waals surface area contributed by atoms with Crippen molar-refractivity contribution in [2.24, 2.45) is 0 Å². The molecule has 0 saturated heterocycles. The maximum Gasteiger partial charge on any atom is 0.280 e. The number of carbonyl (C=O) groups is 4. The van der Waals surface area contributed by atoms with Crippen LogP contribution < -0.4 is 0 Å². The minimum atomic E-state index is -0.900. The van der Waals surface area contributed by atoms with Gasteiger partial charge in [0.25, 0.3) is 11.8 Å². The predicted molar refractivity (Wildman–Crippen MR) is 76.3 cm³/mol. The average molecular weight is 298 g/mol. The molecule has 1 unspecified atom stereocenters. The van der Waals surface area contributed by atoms with Crippen LogP contribution in [0, 0.1) is 6.92 Å². The van der Waals surface area contributed by atoms with E-state index in [1.807, 2.05) is 0 Å². The lowest BCUT2D eigenvalue weighted by Crippen LogP contribution is -2.45. The first-order chi connectivity index (χ1) is 10.5. The molecule has 2 amide bonds. The summed E-state index contributed by atoms with van der Waals surface area (Å²) in [5.41, 5.74) is 1.07. The number of imide groups is 1. The number of carbonyl (C=O) groups excluding carboxylic acids is 4. The maximum absolute atomic E-state index is 12.5. The summed E-state index contributed by atoms with van der Waals surface area (Å²) in [6.07, 6.45) is 4.70. The minimum Gasteiger partial charge on any atom is -0.297 e. The van der Waals surface area contributed by atoms with E-state index in [0.29, 0.717) is 0 Å². The van der Waals surface area contributed by atoms with Crippen LogP contribution in [0.2, 0.25) is 0 Å². The Hall–Kier alpha value is -2.63. The number of pyridine rings is 1. The molecule has 2 heterocycles. The molecule has 112 valence electrons. The second kappa shape index (κ2) is 5.29. The molecule has 1 aliphatic heterocycles. The first-order valence-electron chi connectivity index (χ1n) is 7.05. The van der Waals surface area contributed by atoms with Gasteiger partial charge in [-0.2, -0.15) is 0 Å². The Kier molecular flexibility index (Phi) is 3.44. The summed E-state index contributed by atoms with van der Waals surface area (Å²) < 4.78 is 0. The van der Waals surface area contributed by atoms with E-state index in [4.69, 9.17) is 0 Å². The van der Waals surface area contributed by atoms with Crippen LogP contribution in [-0.4, -0.2) is 39.3 Å². The number of allylic oxidation sites excluding steroid dienone is 2. The van der Waals surface area contributed by atoms with Crippen LogP contribution >= 0.6 is 0 Å². The van der Waals surface area contributed by atoms with Crippen molar-refractivity contribution < 1.29 is 19.2 Å². The molecule has 2 aliphatic rings. The van der Waals surface area contributed by atoms with Gasteiger partial charge in [0, 0.05) is 19.0 Å². The Morgan fingerprint density at radius 3 is 2.73 bits per heavy atom. The summed E-state index contributed by atoms with van der Waals surface area (Å²) >= 11 is 0. The summed E-state index contributed by atoms with van der Waals surface area (Å²) in [5, 5.41) is 0. The van der Waals surface area contributed by atoms with Crippen LogP contribution in [-0.2, 0) is 9.59 Å². The molecule has 1 aromatic heterocycles. The number of aromatic nitrogens is 1. The molecule has 22 heavy (non-hydrogen) atoms. The lowest BCUT2D eigenvalue weighted by molar-refractivity contribution is -0.123. The first-order valence-corrected chi connectivity index (χ1v) is 7.05. The number of aryl methyl sites for hydroxylation is 1. The van der Waals surface area contributed by atoms with Gasteiger partial charge in [0.05, 0.1) is 11.6 Å². The van der Waals surface area contributed by atoms with Gasteiger partial charge in [0.1, 0.15) is 5.69 Å². The fraction of sp³-hybridized carbons (Fsp3) is 0.312. The molecule has 6 heteroatoms. The van der Waals surface area contributed by atoms with Gasteiger partial charge in [0.2, 0.25) is 0 Å². The Bertz CT molecular complexity index is 736. The topological polar surface area (TPSA) is 84.4 Å². The Labute approximate surface area is 126 Å². The van der Waals surface area contributed by atoms with Crippen molar-refractivity contribution in [2.75, 3.05) is 0 Å². The van der Waals surface area contributed by atoms with Gasteiger partial charge in [-0.15, -0.1) is 0 Å². The van der Waals surface area contributed by atoms with Gasteiger partial charge >= 0.3 is 0 Å². The van der Waals surface area contributed by atoms with Crippen LogP contribution in [0.3, 0.4) is 0 Å². The van der Waals surface area contributed by atoms with Crippen LogP contribution in [0.15, 0.2) is 24.4 Å². The summed E-state index contributed by atoms with van der Waals surface area (Å²) in [6.45, 7) is 1.78. The Morgan fingerprint density at radius 1 is 1.18 bits per heavy atom. The van der Waals surface area contributed by atoms with Crippen LogP contribution in [0.4, 0.5) is 0 Å². The van der Waals surface area contributed by atoms with E-state index < -0.39 is 17.9 Å². The zero-order chi connectivity index (χ0) is 15.9. The van der Waals surface area contributed by atoms with Gasteiger partial charge < -0.3 is 0 Å². The van der Waals surface area contributed by atoms with E-state index in [1.165, 1.54) is 18.3 Å². The second-order valence-corrected chi connectivity index (χ2v) is 5.48. The summed E-state index contributed by atoms with van der Waals surface area (Å²) in [6, 6.07) is 0.699. The van der Waals surface area contributed by atoms with Crippen LogP contribution in [0.5, 0.6) is 0 Å². The van der Waals surface area contributed by atoms with Gasteiger partial charge in [-0.25, -0.2) is 4.98 Å². The zero-order valence-corrected chi connectivity index (χ0v) is 12.0. The second-order valence-electron chi connectivity index (χ2n) is 5.48. The fourth-order valence-electron chi connectivity index (χ4n) is 2.76. The van der Waals surface area contributed by atoms with Crippen molar-refractivity contribution in [1.29, 1.82) is 0 Å². The van der Waals surface area contributed by atoms with Crippen LogP contribution in [0.1, 0.15) is 45.7 Å². The SMILES string of the molecule is Cc1cnc2c(c1)C(=O)N(C1CCC(=O)/C=C/CC1=O)C2=O. The van der Waals surface area contributed by atoms with E-state index in [0.717, 1.165) is 10.5 Å². The molecule has 1 aliphatic carbocycles. The van der Waals surface area contributed by atoms with Crippen molar-refractivity contribution >= 4 is 23.4 Å². The molecule has 3 rings (SSSR count).